The molecule has 0 bridgehead atoms. The average Bonchev–Trinajstić information content (AvgIpc) is 2.41. The van der Waals surface area contributed by atoms with Gasteiger partial charge in [0.05, 0.1) is 10.2 Å². The first-order valence-electron chi connectivity index (χ1n) is 6.21. The van der Waals surface area contributed by atoms with E-state index in [1.54, 1.807) is 13.8 Å². The van der Waals surface area contributed by atoms with Gasteiger partial charge in [-0.2, -0.15) is 0 Å². The molecule has 0 fully saturated rings. The maximum Gasteiger partial charge on any atom is 0.326 e. The summed E-state index contributed by atoms with van der Waals surface area (Å²) in [6.45, 7) is 3.46. The minimum absolute atomic E-state index is 0.0177. The van der Waals surface area contributed by atoms with Crippen LogP contribution in [0, 0.1) is 17.6 Å². The van der Waals surface area contributed by atoms with E-state index in [9.17, 15) is 18.4 Å². The highest BCUT2D eigenvalue weighted by Crippen LogP contribution is 2.23. The Bertz CT molecular complexity index is 554. The van der Waals surface area contributed by atoms with Crippen LogP contribution in [0.25, 0.3) is 0 Å². The third-order valence-corrected chi connectivity index (χ3v) is 3.63. The second-order valence-electron chi connectivity index (χ2n) is 4.55. The molecule has 0 radical (unpaired) electrons. The third kappa shape index (κ3) is 4.66. The predicted molar refractivity (Wildman–Crippen MR) is 77.1 cm³/mol. The summed E-state index contributed by atoms with van der Waals surface area (Å²) in [5.74, 6) is -3.24. The molecule has 0 aliphatic rings. The van der Waals surface area contributed by atoms with E-state index in [1.165, 1.54) is 0 Å². The van der Waals surface area contributed by atoms with Gasteiger partial charge in [-0.15, -0.1) is 0 Å². The van der Waals surface area contributed by atoms with Gasteiger partial charge in [-0.3, -0.25) is 0 Å². The number of carbonyl (C=O) groups is 2. The van der Waals surface area contributed by atoms with Crippen molar-refractivity contribution in [3.05, 3.63) is 28.2 Å². The molecule has 2 amide bonds. The molecule has 1 unspecified atom stereocenters. The van der Waals surface area contributed by atoms with Crippen LogP contribution in [0.2, 0.25) is 0 Å². The zero-order chi connectivity index (χ0) is 16.2. The molecule has 0 saturated heterocycles. The second-order valence-corrected chi connectivity index (χ2v) is 5.40. The van der Waals surface area contributed by atoms with Crippen molar-refractivity contribution in [1.82, 2.24) is 5.32 Å². The lowest BCUT2D eigenvalue weighted by Crippen LogP contribution is -2.46. The van der Waals surface area contributed by atoms with E-state index >= 15 is 0 Å². The van der Waals surface area contributed by atoms with E-state index < -0.39 is 29.7 Å². The molecule has 0 saturated carbocycles. The minimum Gasteiger partial charge on any atom is -0.480 e. The summed E-state index contributed by atoms with van der Waals surface area (Å²) in [7, 11) is 0. The maximum atomic E-state index is 13.5. The maximum absolute atomic E-state index is 13.5. The summed E-state index contributed by atoms with van der Waals surface area (Å²) in [5, 5.41) is 13.5. The number of anilines is 1. The third-order valence-electron chi connectivity index (χ3n) is 3.02. The Morgan fingerprint density at radius 1 is 1.33 bits per heavy atom. The Balaban J connectivity index is 2.81. The van der Waals surface area contributed by atoms with E-state index in [4.69, 9.17) is 5.11 Å². The summed E-state index contributed by atoms with van der Waals surface area (Å²) in [6, 6.07) is -0.297. The van der Waals surface area contributed by atoms with Crippen LogP contribution in [-0.4, -0.2) is 23.1 Å². The van der Waals surface area contributed by atoms with Crippen molar-refractivity contribution in [2.45, 2.75) is 26.3 Å². The van der Waals surface area contributed by atoms with Crippen LogP contribution in [0.15, 0.2) is 16.6 Å². The first-order chi connectivity index (χ1) is 9.76. The van der Waals surface area contributed by atoms with Crippen molar-refractivity contribution in [1.29, 1.82) is 0 Å². The number of carbonyl (C=O) groups excluding carboxylic acids is 1. The van der Waals surface area contributed by atoms with Gasteiger partial charge in [0, 0.05) is 6.07 Å². The zero-order valence-electron chi connectivity index (χ0n) is 11.4. The molecule has 116 valence electrons. The Kier molecular flexibility index (Phi) is 6.07. The fourth-order valence-electron chi connectivity index (χ4n) is 1.60. The fraction of sp³-hybridized carbons (Fsp3) is 0.385. The van der Waals surface area contributed by atoms with Crippen molar-refractivity contribution in [3.8, 4) is 0 Å². The lowest BCUT2D eigenvalue weighted by atomic mass is 9.99. The zero-order valence-corrected chi connectivity index (χ0v) is 13.0. The highest BCUT2D eigenvalue weighted by molar-refractivity contribution is 9.10. The van der Waals surface area contributed by atoms with Crippen LogP contribution in [0.5, 0.6) is 0 Å². The molecule has 0 spiro atoms. The predicted octanol–water partition coefficient (Wildman–Crippen LogP) is 3.35. The van der Waals surface area contributed by atoms with Crippen molar-refractivity contribution in [2.24, 2.45) is 5.92 Å². The smallest absolute Gasteiger partial charge is 0.326 e. The van der Waals surface area contributed by atoms with E-state index in [-0.39, 0.29) is 16.1 Å². The van der Waals surface area contributed by atoms with Gasteiger partial charge in [0.1, 0.15) is 17.7 Å². The lowest BCUT2D eigenvalue weighted by Gasteiger charge is -2.20. The van der Waals surface area contributed by atoms with Crippen molar-refractivity contribution < 1.29 is 23.5 Å². The van der Waals surface area contributed by atoms with Crippen molar-refractivity contribution >= 4 is 33.6 Å². The lowest BCUT2D eigenvalue weighted by molar-refractivity contribution is -0.140. The number of benzene rings is 1. The van der Waals surface area contributed by atoms with Gasteiger partial charge in [0.15, 0.2) is 0 Å². The molecule has 1 aromatic rings. The molecule has 0 aliphatic carbocycles. The second kappa shape index (κ2) is 7.35. The number of aliphatic carboxylic acids is 1. The number of amides is 2. The molecule has 0 aromatic heterocycles. The van der Waals surface area contributed by atoms with Crippen molar-refractivity contribution in [2.75, 3.05) is 5.32 Å². The van der Waals surface area contributed by atoms with Gasteiger partial charge in [0.25, 0.3) is 0 Å². The topological polar surface area (TPSA) is 78.4 Å². The standard InChI is InChI=1S/C13H15BrF2N2O3/c1-3-6(2)11(12(19)20)18-13(21)17-10-4-7(14)8(15)5-9(10)16/h4-6,11H,3H2,1-2H3,(H,19,20)(H2,17,18,21)/t6?,11-/m0/s1. The number of carboxylic acids is 1. The van der Waals surface area contributed by atoms with Crippen LogP contribution in [0.3, 0.4) is 0 Å². The minimum atomic E-state index is -1.18. The fourth-order valence-corrected chi connectivity index (χ4v) is 1.94. The largest absolute Gasteiger partial charge is 0.480 e. The summed E-state index contributed by atoms with van der Waals surface area (Å²) in [6.07, 6.45) is 0.549. The summed E-state index contributed by atoms with van der Waals surface area (Å²) < 4.78 is 26.5. The SMILES string of the molecule is CCC(C)[C@H](NC(=O)Nc1cc(Br)c(F)cc1F)C(=O)O. The van der Waals surface area contributed by atoms with Gasteiger partial charge < -0.3 is 15.7 Å². The number of hydrogen-bond donors (Lipinski definition) is 3. The monoisotopic (exact) mass is 364 g/mol. The van der Waals surface area contributed by atoms with Gasteiger partial charge in [-0.05, 0) is 27.9 Å². The van der Waals surface area contributed by atoms with Crippen LogP contribution in [-0.2, 0) is 4.79 Å². The molecule has 3 N–H and O–H groups in total. The summed E-state index contributed by atoms with van der Waals surface area (Å²) in [4.78, 5) is 22.8. The van der Waals surface area contributed by atoms with Crippen LogP contribution in [0.1, 0.15) is 20.3 Å². The Morgan fingerprint density at radius 2 is 1.95 bits per heavy atom. The van der Waals surface area contributed by atoms with Crippen LogP contribution >= 0.6 is 15.9 Å². The molecular formula is C13H15BrF2N2O3. The number of nitrogens with one attached hydrogen (secondary N) is 2. The highest BCUT2D eigenvalue weighted by atomic mass is 79.9. The average molecular weight is 365 g/mol. The summed E-state index contributed by atoms with van der Waals surface area (Å²) in [5.41, 5.74) is -0.255. The van der Waals surface area contributed by atoms with E-state index in [2.05, 4.69) is 26.6 Å². The number of hydrogen-bond acceptors (Lipinski definition) is 2. The number of halogens is 3. The normalized spacial score (nSPS) is 13.4. The molecular weight excluding hydrogens is 350 g/mol. The van der Waals surface area contributed by atoms with Crippen molar-refractivity contribution in [3.63, 3.8) is 0 Å². The highest BCUT2D eigenvalue weighted by Gasteiger charge is 2.25. The van der Waals surface area contributed by atoms with Gasteiger partial charge in [0.2, 0.25) is 0 Å². The molecule has 1 aromatic carbocycles. The van der Waals surface area contributed by atoms with E-state index in [1.807, 2.05) is 0 Å². The number of urea groups is 1. The van der Waals surface area contributed by atoms with Crippen LogP contribution in [0.4, 0.5) is 19.3 Å². The Hall–Kier alpha value is -1.70. The molecule has 2 atom stereocenters. The van der Waals surface area contributed by atoms with Gasteiger partial charge in [-0.1, -0.05) is 20.3 Å². The van der Waals surface area contributed by atoms with Crippen LogP contribution < -0.4 is 10.6 Å². The van der Waals surface area contributed by atoms with Gasteiger partial charge >= 0.3 is 12.0 Å². The van der Waals surface area contributed by atoms with E-state index in [0.717, 1.165) is 6.07 Å². The molecule has 0 aliphatic heterocycles. The van der Waals surface area contributed by atoms with E-state index in [0.29, 0.717) is 12.5 Å². The number of carboxylic acid groups (broad SMARTS) is 1. The molecule has 5 nitrogen and oxygen atoms in total. The molecule has 1 rings (SSSR count). The van der Waals surface area contributed by atoms with Gasteiger partial charge in [-0.25, -0.2) is 18.4 Å². The Labute approximate surface area is 128 Å². The molecule has 0 heterocycles. The Morgan fingerprint density at radius 3 is 2.48 bits per heavy atom. The first kappa shape index (κ1) is 17.4. The number of rotatable bonds is 5. The first-order valence-corrected chi connectivity index (χ1v) is 7.00. The quantitative estimate of drug-likeness (QED) is 0.701. The molecule has 21 heavy (non-hydrogen) atoms. The summed E-state index contributed by atoms with van der Waals surface area (Å²) >= 11 is 2.87. The molecule has 8 heteroatoms.